The maximum absolute atomic E-state index is 5.38. The lowest BCUT2D eigenvalue weighted by molar-refractivity contribution is -0.456. The van der Waals surface area contributed by atoms with Crippen LogP contribution in [0.4, 0.5) is 0 Å². The predicted molar refractivity (Wildman–Crippen MR) is 43.9 cm³/mol. The Balaban J connectivity index is 2.98. The molecule has 0 aromatic rings. The molecule has 0 saturated carbocycles. The van der Waals surface area contributed by atoms with Crippen LogP contribution in [0.1, 0.15) is 20.3 Å². The summed E-state index contributed by atoms with van der Waals surface area (Å²) in [6.45, 7) is 7.01. The van der Waals surface area contributed by atoms with Gasteiger partial charge in [0.1, 0.15) is 0 Å². The molecule has 0 unspecified atom stereocenters. The fourth-order valence-electron chi connectivity index (χ4n) is 0.650. The predicted octanol–water partition coefficient (Wildman–Crippen LogP) is -1.56. The summed E-state index contributed by atoms with van der Waals surface area (Å²) in [5, 5.41) is 3.26. The van der Waals surface area contributed by atoms with Gasteiger partial charge in [-0.25, -0.2) is 0 Å². The molecule has 0 atom stereocenters. The minimum absolute atomic E-state index is 0.790. The van der Waals surface area contributed by atoms with Gasteiger partial charge in [0.25, 0.3) is 0 Å². The van der Waals surface area contributed by atoms with E-state index >= 15 is 0 Å². The van der Waals surface area contributed by atoms with Gasteiger partial charge in [-0.1, -0.05) is 6.92 Å². The topological polar surface area (TPSA) is 52.0 Å². The average Bonchev–Trinajstić information content (AvgIpc) is 1.87. The summed E-state index contributed by atoms with van der Waals surface area (Å²) in [5.74, 6) is 0.790. The van der Waals surface area contributed by atoms with Crippen LogP contribution in [-0.2, 0) is 0 Å². The molecule has 0 heterocycles. The molecule has 0 bridgehead atoms. The van der Waals surface area contributed by atoms with E-state index in [1.165, 1.54) is 6.42 Å². The minimum atomic E-state index is 0.790. The summed E-state index contributed by atoms with van der Waals surface area (Å²) in [4.78, 5) is 3.04. The van der Waals surface area contributed by atoms with Crippen molar-refractivity contribution < 1.29 is 4.99 Å². The molecule has 4 N–H and O–H groups in total. The third kappa shape index (κ3) is 7.43. The van der Waals surface area contributed by atoms with Crippen LogP contribution < -0.4 is 16.0 Å². The van der Waals surface area contributed by atoms with Gasteiger partial charge < -0.3 is 5.32 Å². The Bertz CT molecular complexity index is 95.0. The van der Waals surface area contributed by atoms with Gasteiger partial charge in [0, 0.05) is 13.5 Å². The Hall–Kier alpha value is -0.570. The second-order valence-corrected chi connectivity index (χ2v) is 2.36. The van der Waals surface area contributed by atoms with Crippen LogP contribution in [0.3, 0.4) is 0 Å². The summed E-state index contributed by atoms with van der Waals surface area (Å²) >= 11 is 0. The Labute approximate surface area is 62.7 Å². The smallest absolute Gasteiger partial charge is 0.237 e. The minimum Gasteiger partial charge on any atom is -0.313 e. The third-order valence-corrected chi connectivity index (χ3v) is 1.13. The molecular weight excluding hydrogens is 126 g/mol. The molecule has 0 saturated heterocycles. The molecule has 0 spiro atoms. The molecule has 0 rings (SSSR count). The van der Waals surface area contributed by atoms with Crippen molar-refractivity contribution in [3.05, 3.63) is 0 Å². The van der Waals surface area contributed by atoms with Gasteiger partial charge in [0.15, 0.2) is 0 Å². The van der Waals surface area contributed by atoms with Crippen molar-refractivity contribution >= 4 is 5.84 Å². The number of hydrogen-bond donors (Lipinski definition) is 3. The van der Waals surface area contributed by atoms with Crippen molar-refractivity contribution in [1.29, 1.82) is 0 Å². The number of nitrogens with one attached hydrogen (secondary N) is 2. The summed E-state index contributed by atoms with van der Waals surface area (Å²) in [7, 11) is 0. The van der Waals surface area contributed by atoms with Crippen molar-refractivity contribution in [3.8, 4) is 0 Å². The SMILES string of the molecule is CCCNCC[NH+]=C(C)N. The van der Waals surface area contributed by atoms with Gasteiger partial charge in [-0.05, 0) is 13.0 Å². The molecule has 0 aliphatic heterocycles. The van der Waals surface area contributed by atoms with Crippen LogP contribution in [0, 0.1) is 0 Å². The highest BCUT2D eigenvalue weighted by Crippen LogP contribution is 1.65. The monoisotopic (exact) mass is 144 g/mol. The van der Waals surface area contributed by atoms with Crippen molar-refractivity contribution in [2.75, 3.05) is 19.6 Å². The first-order valence-electron chi connectivity index (χ1n) is 3.81. The van der Waals surface area contributed by atoms with E-state index in [0.717, 1.165) is 25.5 Å². The van der Waals surface area contributed by atoms with E-state index < -0.39 is 0 Å². The summed E-state index contributed by atoms with van der Waals surface area (Å²) in [5.41, 5.74) is 5.38. The molecule has 0 radical (unpaired) electrons. The molecule has 0 aliphatic carbocycles. The van der Waals surface area contributed by atoms with Crippen molar-refractivity contribution in [2.45, 2.75) is 20.3 Å². The van der Waals surface area contributed by atoms with E-state index in [1.54, 1.807) is 0 Å². The molecule has 0 fully saturated rings. The van der Waals surface area contributed by atoms with Gasteiger partial charge >= 0.3 is 0 Å². The van der Waals surface area contributed by atoms with Crippen LogP contribution in [0.2, 0.25) is 0 Å². The zero-order chi connectivity index (χ0) is 7.82. The highest BCUT2D eigenvalue weighted by Gasteiger charge is 1.85. The second kappa shape index (κ2) is 6.55. The van der Waals surface area contributed by atoms with E-state index in [1.807, 2.05) is 6.92 Å². The van der Waals surface area contributed by atoms with E-state index in [2.05, 4.69) is 17.2 Å². The van der Waals surface area contributed by atoms with Crippen LogP contribution in [0.25, 0.3) is 0 Å². The van der Waals surface area contributed by atoms with Crippen LogP contribution in [0.5, 0.6) is 0 Å². The van der Waals surface area contributed by atoms with Gasteiger partial charge in [-0.2, -0.15) is 0 Å². The number of nitrogens with two attached hydrogens (primary N) is 1. The zero-order valence-corrected chi connectivity index (χ0v) is 6.91. The van der Waals surface area contributed by atoms with E-state index in [4.69, 9.17) is 5.73 Å². The quantitative estimate of drug-likeness (QED) is 0.248. The van der Waals surface area contributed by atoms with Crippen molar-refractivity contribution in [2.24, 2.45) is 5.73 Å². The fourth-order valence-corrected chi connectivity index (χ4v) is 0.650. The molecule has 10 heavy (non-hydrogen) atoms. The molecule has 60 valence electrons. The first kappa shape index (κ1) is 9.43. The summed E-state index contributed by atoms with van der Waals surface area (Å²) < 4.78 is 0. The normalized spacial score (nSPS) is 12.0. The third-order valence-electron chi connectivity index (χ3n) is 1.13. The summed E-state index contributed by atoms with van der Waals surface area (Å²) in [6.07, 6.45) is 1.19. The maximum atomic E-state index is 5.38. The highest BCUT2D eigenvalue weighted by atomic mass is 14.9. The Morgan fingerprint density at radius 2 is 2.20 bits per heavy atom. The highest BCUT2D eigenvalue weighted by molar-refractivity contribution is 5.70. The van der Waals surface area contributed by atoms with Crippen LogP contribution >= 0.6 is 0 Å². The van der Waals surface area contributed by atoms with Crippen LogP contribution in [0.15, 0.2) is 0 Å². The Morgan fingerprint density at radius 1 is 1.50 bits per heavy atom. The maximum Gasteiger partial charge on any atom is 0.237 e. The fraction of sp³-hybridized carbons (Fsp3) is 0.857. The lowest BCUT2D eigenvalue weighted by Crippen LogP contribution is -2.76. The zero-order valence-electron chi connectivity index (χ0n) is 6.91. The van der Waals surface area contributed by atoms with Gasteiger partial charge in [-0.15, -0.1) is 0 Å². The largest absolute Gasteiger partial charge is 0.313 e. The molecule has 3 heteroatoms. The lowest BCUT2D eigenvalue weighted by atomic mass is 10.5. The molecule has 0 aromatic heterocycles. The van der Waals surface area contributed by atoms with Gasteiger partial charge in [-0.3, -0.25) is 10.7 Å². The second-order valence-electron chi connectivity index (χ2n) is 2.36. The Kier molecular flexibility index (Phi) is 6.18. The van der Waals surface area contributed by atoms with Crippen molar-refractivity contribution in [1.82, 2.24) is 5.32 Å². The van der Waals surface area contributed by atoms with Gasteiger partial charge in [0.05, 0.1) is 6.54 Å². The lowest BCUT2D eigenvalue weighted by Gasteiger charge is -1.96. The summed E-state index contributed by atoms with van der Waals surface area (Å²) in [6, 6.07) is 0. The molecule has 0 aliphatic rings. The molecule has 0 amide bonds. The Morgan fingerprint density at radius 3 is 2.70 bits per heavy atom. The van der Waals surface area contributed by atoms with Crippen molar-refractivity contribution in [3.63, 3.8) is 0 Å². The van der Waals surface area contributed by atoms with Gasteiger partial charge in [0.2, 0.25) is 5.84 Å². The molecule has 0 aromatic carbocycles. The first-order chi connectivity index (χ1) is 4.77. The van der Waals surface area contributed by atoms with E-state index in [-0.39, 0.29) is 0 Å². The van der Waals surface area contributed by atoms with E-state index in [0.29, 0.717) is 0 Å². The first-order valence-corrected chi connectivity index (χ1v) is 3.81. The number of hydrogen-bond acceptors (Lipinski definition) is 1. The standard InChI is InChI=1S/C7H17N3/c1-3-4-9-5-6-10-7(2)8/h9H,3-6H2,1-2H3,(H2,8,10)/p+1. The van der Waals surface area contributed by atoms with E-state index in [9.17, 15) is 0 Å². The number of rotatable bonds is 5. The number of amidine groups is 1. The average molecular weight is 144 g/mol. The van der Waals surface area contributed by atoms with Crippen LogP contribution in [-0.4, -0.2) is 25.5 Å². The molecular formula is C7H18N3+. The molecule has 3 nitrogen and oxygen atoms in total.